The number of nitrogens with two attached hydrogens (primary N) is 1. The van der Waals surface area contributed by atoms with Crippen LogP contribution < -0.4 is 16.4 Å². The molecule has 0 fully saturated rings. The number of thioether (sulfide) groups is 1. The predicted molar refractivity (Wildman–Crippen MR) is 93.6 cm³/mol. The second kappa shape index (κ2) is 11.3. The standard InChI is InChI=1S/C15H29N3O5S/c1-5-8(2)11(16)14(21)17-10(6-7-24-4)13(20)18-12(9(3)19)15(22)23/h8-12,19H,5-7,16H2,1-4H3,(H,17,21)(H,18,20)(H,22,23)/t8-,9+,10-,11-,12-/m0/s1. The van der Waals surface area contributed by atoms with Crippen molar-refractivity contribution in [2.45, 2.75) is 57.8 Å². The highest BCUT2D eigenvalue weighted by atomic mass is 32.2. The summed E-state index contributed by atoms with van der Waals surface area (Å²) in [6, 6.07) is -3.08. The number of nitrogens with one attached hydrogen (secondary N) is 2. The molecule has 0 aliphatic heterocycles. The first-order valence-corrected chi connectivity index (χ1v) is 9.31. The molecule has 6 N–H and O–H groups in total. The van der Waals surface area contributed by atoms with Crippen LogP contribution in [0.4, 0.5) is 0 Å². The molecule has 0 unspecified atom stereocenters. The van der Waals surface area contributed by atoms with E-state index in [1.807, 2.05) is 20.1 Å². The largest absolute Gasteiger partial charge is 0.480 e. The lowest BCUT2D eigenvalue weighted by molar-refractivity contribution is -0.145. The number of aliphatic carboxylic acids is 1. The molecule has 5 atom stereocenters. The van der Waals surface area contributed by atoms with Gasteiger partial charge in [-0.15, -0.1) is 0 Å². The van der Waals surface area contributed by atoms with Crippen LogP contribution in [0.2, 0.25) is 0 Å². The smallest absolute Gasteiger partial charge is 0.328 e. The van der Waals surface area contributed by atoms with Gasteiger partial charge in [0, 0.05) is 0 Å². The summed E-state index contributed by atoms with van der Waals surface area (Å²) >= 11 is 1.50. The number of hydrogen-bond acceptors (Lipinski definition) is 6. The van der Waals surface area contributed by atoms with Crippen LogP contribution in [0.15, 0.2) is 0 Å². The molecule has 140 valence electrons. The molecule has 0 rings (SSSR count). The van der Waals surface area contributed by atoms with Crippen molar-refractivity contribution >= 4 is 29.5 Å². The van der Waals surface area contributed by atoms with E-state index in [1.54, 1.807) is 0 Å². The topological polar surface area (TPSA) is 142 Å². The third-order valence-electron chi connectivity index (χ3n) is 3.85. The van der Waals surface area contributed by atoms with Crippen LogP contribution in [0.5, 0.6) is 0 Å². The Morgan fingerprint density at radius 2 is 1.75 bits per heavy atom. The van der Waals surface area contributed by atoms with Crippen LogP contribution in [0.1, 0.15) is 33.6 Å². The third-order valence-corrected chi connectivity index (χ3v) is 4.49. The van der Waals surface area contributed by atoms with Gasteiger partial charge in [0.25, 0.3) is 0 Å². The first-order valence-electron chi connectivity index (χ1n) is 7.91. The molecule has 0 bridgehead atoms. The van der Waals surface area contributed by atoms with Gasteiger partial charge in [0.1, 0.15) is 6.04 Å². The zero-order valence-electron chi connectivity index (χ0n) is 14.6. The van der Waals surface area contributed by atoms with Crippen molar-refractivity contribution in [1.29, 1.82) is 0 Å². The highest BCUT2D eigenvalue weighted by molar-refractivity contribution is 7.98. The molecule has 9 heteroatoms. The molecule has 0 aromatic carbocycles. The number of carbonyl (C=O) groups is 3. The molecule has 24 heavy (non-hydrogen) atoms. The van der Waals surface area contributed by atoms with Crippen molar-refractivity contribution in [2.75, 3.05) is 12.0 Å². The Morgan fingerprint density at radius 1 is 1.17 bits per heavy atom. The van der Waals surface area contributed by atoms with Crippen molar-refractivity contribution in [3.8, 4) is 0 Å². The summed E-state index contributed by atoms with van der Waals surface area (Å²) in [4.78, 5) is 35.6. The summed E-state index contributed by atoms with van der Waals surface area (Å²) in [5.74, 6) is -1.89. The Bertz CT molecular complexity index is 433. The van der Waals surface area contributed by atoms with E-state index in [2.05, 4.69) is 10.6 Å². The molecule has 8 nitrogen and oxygen atoms in total. The van der Waals surface area contributed by atoms with E-state index in [1.165, 1.54) is 18.7 Å². The molecule has 0 aliphatic rings. The van der Waals surface area contributed by atoms with Gasteiger partial charge in [-0.05, 0) is 31.3 Å². The molecule has 2 amide bonds. The molecule has 0 saturated carbocycles. The van der Waals surface area contributed by atoms with E-state index in [0.717, 1.165) is 6.42 Å². The molecule has 0 heterocycles. The Morgan fingerprint density at radius 3 is 2.17 bits per heavy atom. The molecular weight excluding hydrogens is 334 g/mol. The van der Waals surface area contributed by atoms with Crippen molar-refractivity contribution in [3.63, 3.8) is 0 Å². The van der Waals surface area contributed by atoms with Crippen LogP contribution in [-0.4, -0.2) is 64.2 Å². The quantitative estimate of drug-likeness (QED) is 0.334. The summed E-state index contributed by atoms with van der Waals surface area (Å²) in [7, 11) is 0. The molecule has 0 aromatic heterocycles. The van der Waals surface area contributed by atoms with E-state index in [9.17, 15) is 19.5 Å². The summed E-state index contributed by atoms with van der Waals surface area (Å²) in [5.41, 5.74) is 5.86. The van der Waals surface area contributed by atoms with E-state index in [4.69, 9.17) is 10.8 Å². The van der Waals surface area contributed by atoms with Gasteiger partial charge >= 0.3 is 5.97 Å². The number of carboxylic acid groups (broad SMARTS) is 1. The van der Waals surface area contributed by atoms with E-state index >= 15 is 0 Å². The number of hydrogen-bond donors (Lipinski definition) is 5. The Balaban J connectivity index is 5.01. The summed E-state index contributed by atoms with van der Waals surface area (Å²) in [6.45, 7) is 5.03. The Hall–Kier alpha value is -1.32. The van der Waals surface area contributed by atoms with Crippen LogP contribution in [0.25, 0.3) is 0 Å². The van der Waals surface area contributed by atoms with Gasteiger partial charge < -0.3 is 26.6 Å². The van der Waals surface area contributed by atoms with Crippen LogP contribution in [-0.2, 0) is 14.4 Å². The van der Waals surface area contributed by atoms with Gasteiger partial charge in [0.05, 0.1) is 12.1 Å². The van der Waals surface area contributed by atoms with Gasteiger partial charge in [-0.3, -0.25) is 9.59 Å². The van der Waals surface area contributed by atoms with E-state index in [-0.39, 0.29) is 5.92 Å². The number of aliphatic hydroxyl groups is 1. The third kappa shape index (κ3) is 7.50. The fourth-order valence-corrected chi connectivity index (χ4v) is 2.40. The van der Waals surface area contributed by atoms with Crippen LogP contribution in [0, 0.1) is 5.92 Å². The maximum absolute atomic E-state index is 12.3. The first-order chi connectivity index (χ1) is 11.1. The maximum Gasteiger partial charge on any atom is 0.328 e. The average molecular weight is 363 g/mol. The van der Waals surface area contributed by atoms with E-state index < -0.39 is 42.0 Å². The van der Waals surface area contributed by atoms with Gasteiger partial charge in [-0.25, -0.2) is 4.79 Å². The second-order valence-corrected chi connectivity index (χ2v) is 6.80. The zero-order chi connectivity index (χ0) is 18.9. The summed E-state index contributed by atoms with van der Waals surface area (Å²) in [6.07, 6.45) is 1.65. The Labute approximate surface area is 146 Å². The molecule has 0 spiro atoms. The minimum atomic E-state index is -1.44. The lowest BCUT2D eigenvalue weighted by Crippen LogP contribution is -2.57. The number of rotatable bonds is 11. The SMILES string of the molecule is CC[C@H](C)[C@H](N)C(=O)N[C@@H](CCSC)C(=O)N[C@H](C(=O)O)[C@@H](C)O. The Kier molecular flexibility index (Phi) is 10.7. The zero-order valence-corrected chi connectivity index (χ0v) is 15.4. The molecule has 0 radical (unpaired) electrons. The molecule has 0 saturated heterocycles. The number of amides is 2. The number of aliphatic hydroxyl groups excluding tert-OH is 1. The molecular formula is C15H29N3O5S. The van der Waals surface area contributed by atoms with Gasteiger partial charge in [-0.2, -0.15) is 11.8 Å². The molecule has 0 aliphatic carbocycles. The van der Waals surface area contributed by atoms with Crippen molar-refractivity contribution in [2.24, 2.45) is 11.7 Å². The van der Waals surface area contributed by atoms with Crippen molar-refractivity contribution in [1.82, 2.24) is 10.6 Å². The fraction of sp³-hybridized carbons (Fsp3) is 0.800. The predicted octanol–water partition coefficient (Wildman–Crippen LogP) is -0.452. The van der Waals surface area contributed by atoms with Crippen molar-refractivity contribution in [3.05, 3.63) is 0 Å². The van der Waals surface area contributed by atoms with E-state index in [0.29, 0.717) is 12.2 Å². The first kappa shape index (κ1) is 22.7. The maximum atomic E-state index is 12.3. The highest BCUT2D eigenvalue weighted by Gasteiger charge is 2.30. The number of carbonyl (C=O) groups excluding carboxylic acids is 2. The van der Waals surface area contributed by atoms with Crippen LogP contribution in [0.3, 0.4) is 0 Å². The lowest BCUT2D eigenvalue weighted by Gasteiger charge is -2.25. The normalized spacial score (nSPS) is 17.2. The van der Waals surface area contributed by atoms with Crippen molar-refractivity contribution < 1.29 is 24.6 Å². The lowest BCUT2D eigenvalue weighted by atomic mass is 9.99. The minimum Gasteiger partial charge on any atom is -0.480 e. The summed E-state index contributed by atoms with van der Waals surface area (Å²) < 4.78 is 0. The number of carboxylic acids is 1. The minimum absolute atomic E-state index is 0.0431. The van der Waals surface area contributed by atoms with Gasteiger partial charge in [-0.1, -0.05) is 20.3 Å². The average Bonchev–Trinajstić information content (AvgIpc) is 2.53. The molecule has 0 aromatic rings. The van der Waals surface area contributed by atoms with Gasteiger partial charge in [0.2, 0.25) is 11.8 Å². The van der Waals surface area contributed by atoms with Crippen LogP contribution >= 0.6 is 11.8 Å². The highest BCUT2D eigenvalue weighted by Crippen LogP contribution is 2.08. The summed E-state index contributed by atoms with van der Waals surface area (Å²) in [5, 5.41) is 23.3. The van der Waals surface area contributed by atoms with Gasteiger partial charge in [0.15, 0.2) is 6.04 Å². The monoisotopic (exact) mass is 363 g/mol. The second-order valence-electron chi connectivity index (χ2n) is 5.82. The fourth-order valence-electron chi connectivity index (χ4n) is 1.93.